The Morgan fingerprint density at radius 3 is 1.87 bits per heavy atom. The maximum Gasteiger partial charge on any atom is 0.134 e. The number of rotatable bonds is 2. The monoisotopic (exact) mass is 707 g/mol. The number of benzene rings is 3. The van der Waals surface area contributed by atoms with E-state index in [9.17, 15) is 10.0 Å². The number of hydrogen-bond donors (Lipinski definition) is 2. The van der Waals surface area contributed by atoms with E-state index in [1.165, 1.54) is 0 Å². The van der Waals surface area contributed by atoms with Crippen molar-refractivity contribution in [2.75, 3.05) is 0 Å². The van der Waals surface area contributed by atoms with Crippen LogP contribution in [-0.4, -0.2) is 25.0 Å². The van der Waals surface area contributed by atoms with Crippen molar-refractivity contribution in [3.05, 3.63) is 124 Å². The number of aromatic nitrogens is 4. The highest BCUT2D eigenvalue weighted by Crippen LogP contribution is 2.41. The SMILES string of the molecule is CC(C)(C)c1cc2c3nc(c(C4=CC=CCC4)c4ccc([nH]4)c4cc(C(C)(C)C)cc(c4O)c4ccc5ccc6ccc(nc6c5n4)c(c1)c2N=O)C=C3. The van der Waals surface area contributed by atoms with Crippen molar-refractivity contribution in [3.8, 4) is 5.75 Å². The van der Waals surface area contributed by atoms with Crippen LogP contribution in [0.3, 0.4) is 0 Å². The number of pyridine rings is 2. The molecule has 9 rings (SSSR count). The summed E-state index contributed by atoms with van der Waals surface area (Å²) in [6, 6.07) is 24.4. The highest BCUT2D eigenvalue weighted by molar-refractivity contribution is 6.09. The number of phenolic OH excluding ortho intramolecular Hbond substituents is 1. The molecule has 266 valence electrons. The van der Waals surface area contributed by atoms with Gasteiger partial charge in [-0.15, -0.1) is 4.91 Å². The number of nitrogens with one attached hydrogen (secondary N) is 1. The van der Waals surface area contributed by atoms with E-state index in [1.807, 2.05) is 60.7 Å². The fraction of sp³-hybridized carbons (Fsp3) is 0.213. The normalized spacial score (nSPS) is 14.1. The molecule has 3 aromatic carbocycles. The van der Waals surface area contributed by atoms with Crippen molar-refractivity contribution < 1.29 is 5.11 Å². The van der Waals surface area contributed by atoms with Crippen LogP contribution in [0.25, 0.3) is 83.1 Å². The molecule has 0 saturated heterocycles. The Balaban J connectivity index is 1.56. The van der Waals surface area contributed by atoms with E-state index in [0.717, 1.165) is 62.6 Å². The standard InChI is InChI=1S/C47H41N5O2/c1-46(2,3)29-22-31-35-18-20-39(48-35)41(26-10-8-7-9-11-26)40-21-19-37(49-40)33-24-30(47(4,5)6)25-34(45(33)53)38-17-15-28-13-12-27-14-16-36(32(23-29)44(31)52-54)50-42(27)43(28)51-38/h7-8,10,12-25,49,53H,9,11H2,1-6H3. The minimum Gasteiger partial charge on any atom is -0.507 e. The predicted octanol–water partition coefficient (Wildman–Crippen LogP) is 12.7. The summed E-state index contributed by atoms with van der Waals surface area (Å²) in [6.45, 7) is 13.0. The molecule has 0 saturated carbocycles. The Morgan fingerprint density at radius 2 is 1.24 bits per heavy atom. The smallest absolute Gasteiger partial charge is 0.134 e. The lowest BCUT2D eigenvalue weighted by atomic mass is 9.85. The Labute approximate surface area is 313 Å². The Hall–Kier alpha value is -6.21. The molecule has 0 atom stereocenters. The fourth-order valence-electron chi connectivity index (χ4n) is 7.73. The molecule has 1 aliphatic heterocycles. The first-order chi connectivity index (χ1) is 25.9. The summed E-state index contributed by atoms with van der Waals surface area (Å²) in [5.41, 5.74) is 9.89. The van der Waals surface area contributed by atoms with E-state index in [2.05, 4.69) is 94.2 Å². The van der Waals surface area contributed by atoms with Gasteiger partial charge in [0.25, 0.3) is 0 Å². The van der Waals surface area contributed by atoms with Gasteiger partial charge < -0.3 is 10.1 Å². The highest BCUT2D eigenvalue weighted by atomic mass is 16.3. The molecule has 0 radical (unpaired) electrons. The van der Waals surface area contributed by atoms with Gasteiger partial charge in [0.2, 0.25) is 0 Å². The average Bonchev–Trinajstić information content (AvgIpc) is 3.84. The molecule has 54 heavy (non-hydrogen) atoms. The third-order valence-corrected chi connectivity index (χ3v) is 10.9. The number of phenols is 1. The van der Waals surface area contributed by atoms with E-state index >= 15 is 0 Å². The zero-order valence-corrected chi connectivity index (χ0v) is 31.4. The van der Waals surface area contributed by atoms with Crippen LogP contribution in [0.2, 0.25) is 0 Å². The maximum atomic E-state index is 13.0. The molecule has 5 heterocycles. The van der Waals surface area contributed by atoms with Gasteiger partial charge in [0.05, 0.1) is 33.5 Å². The summed E-state index contributed by atoms with van der Waals surface area (Å²) < 4.78 is 0. The van der Waals surface area contributed by atoms with E-state index in [1.54, 1.807) is 0 Å². The van der Waals surface area contributed by atoms with Crippen molar-refractivity contribution >= 4 is 88.8 Å². The van der Waals surface area contributed by atoms with Gasteiger partial charge in [-0.1, -0.05) is 84.0 Å². The lowest BCUT2D eigenvalue weighted by Gasteiger charge is -2.20. The van der Waals surface area contributed by atoms with Crippen molar-refractivity contribution in [1.82, 2.24) is 19.9 Å². The Morgan fingerprint density at radius 1 is 0.667 bits per heavy atom. The minimum absolute atomic E-state index is 0.151. The zero-order chi connectivity index (χ0) is 37.5. The second-order valence-corrected chi connectivity index (χ2v) is 16.6. The number of aromatic hydroxyl groups is 1. The second kappa shape index (κ2) is 12.2. The van der Waals surface area contributed by atoms with Crippen LogP contribution >= 0.6 is 0 Å². The summed E-state index contributed by atoms with van der Waals surface area (Å²) >= 11 is 0. The van der Waals surface area contributed by atoms with Gasteiger partial charge in [-0.3, -0.25) is 0 Å². The average molecular weight is 708 g/mol. The second-order valence-electron chi connectivity index (χ2n) is 16.6. The first-order valence-electron chi connectivity index (χ1n) is 18.6. The van der Waals surface area contributed by atoms with Crippen LogP contribution in [0.15, 0.2) is 96.2 Å². The van der Waals surface area contributed by atoms with E-state index in [0.29, 0.717) is 55.0 Å². The molecule has 7 aromatic rings. The number of aromatic amines is 1. The zero-order valence-electron chi connectivity index (χ0n) is 31.4. The van der Waals surface area contributed by atoms with Gasteiger partial charge in [0, 0.05) is 48.9 Å². The molecule has 0 fully saturated rings. The largest absolute Gasteiger partial charge is 0.507 e. The molecular formula is C47H41N5O2. The highest BCUT2D eigenvalue weighted by Gasteiger charge is 2.22. The van der Waals surface area contributed by atoms with Crippen LogP contribution < -0.4 is 0 Å². The Kier molecular flexibility index (Phi) is 7.57. The van der Waals surface area contributed by atoms with E-state index in [4.69, 9.17) is 15.0 Å². The summed E-state index contributed by atoms with van der Waals surface area (Å²) in [6.07, 6.45) is 12.2. The van der Waals surface area contributed by atoms with Gasteiger partial charge in [0.15, 0.2) is 0 Å². The molecule has 2 aliphatic rings. The number of hydrogen-bond acceptors (Lipinski definition) is 6. The molecule has 0 amide bonds. The van der Waals surface area contributed by atoms with Gasteiger partial charge in [0.1, 0.15) is 11.4 Å². The molecule has 0 spiro atoms. The van der Waals surface area contributed by atoms with Crippen molar-refractivity contribution in [2.24, 2.45) is 5.18 Å². The van der Waals surface area contributed by atoms with Gasteiger partial charge >= 0.3 is 0 Å². The summed E-state index contributed by atoms with van der Waals surface area (Å²) in [5, 5.41) is 20.3. The fourth-order valence-corrected chi connectivity index (χ4v) is 7.73. The lowest BCUT2D eigenvalue weighted by Crippen LogP contribution is -2.10. The van der Waals surface area contributed by atoms with Crippen molar-refractivity contribution in [3.63, 3.8) is 0 Å². The molecule has 7 nitrogen and oxygen atoms in total. The van der Waals surface area contributed by atoms with E-state index in [-0.39, 0.29) is 16.6 Å². The summed E-state index contributed by atoms with van der Waals surface area (Å²) in [5.74, 6) is 0.151. The predicted molar refractivity (Wildman–Crippen MR) is 225 cm³/mol. The maximum absolute atomic E-state index is 13.0. The van der Waals surface area contributed by atoms with Gasteiger partial charge in [-0.05, 0) is 106 Å². The summed E-state index contributed by atoms with van der Waals surface area (Å²) in [7, 11) is 0. The van der Waals surface area contributed by atoms with Gasteiger partial charge in [-0.2, -0.15) is 0 Å². The minimum atomic E-state index is -0.242. The third kappa shape index (κ3) is 5.54. The molecule has 2 N–H and O–H groups in total. The lowest BCUT2D eigenvalue weighted by molar-refractivity contribution is 0.487. The number of H-pyrrole nitrogens is 1. The van der Waals surface area contributed by atoms with E-state index < -0.39 is 0 Å². The third-order valence-electron chi connectivity index (χ3n) is 10.9. The van der Waals surface area contributed by atoms with Crippen LogP contribution in [0, 0.1) is 4.91 Å². The molecule has 1 aliphatic carbocycles. The van der Waals surface area contributed by atoms with Crippen LogP contribution in [0.5, 0.6) is 5.75 Å². The Bertz CT molecular complexity index is 2990. The van der Waals surface area contributed by atoms with Crippen molar-refractivity contribution in [2.45, 2.75) is 65.2 Å². The topological polar surface area (TPSA) is 104 Å². The number of allylic oxidation sites excluding steroid dienone is 4. The first kappa shape index (κ1) is 33.6. The number of fused-ring (bicyclic) bond motifs is 14. The van der Waals surface area contributed by atoms with Crippen LogP contribution in [-0.2, 0) is 10.8 Å². The van der Waals surface area contributed by atoms with Crippen molar-refractivity contribution in [1.29, 1.82) is 0 Å². The van der Waals surface area contributed by atoms with Crippen LogP contribution in [0.4, 0.5) is 5.69 Å². The number of nitroso groups, excluding NO2 is 1. The molecule has 7 heteroatoms. The molecular weight excluding hydrogens is 667 g/mol. The molecule has 12 bridgehead atoms. The molecule has 4 aromatic heterocycles. The quantitative estimate of drug-likeness (QED) is 0.137. The number of nitrogens with zero attached hydrogens (tertiary/aromatic N) is 4. The molecule has 0 unspecified atom stereocenters. The van der Waals surface area contributed by atoms with Gasteiger partial charge in [-0.25, -0.2) is 15.0 Å². The summed E-state index contributed by atoms with van der Waals surface area (Å²) in [4.78, 5) is 32.4. The van der Waals surface area contributed by atoms with Crippen LogP contribution in [0.1, 0.15) is 82.5 Å². The first-order valence-corrected chi connectivity index (χ1v) is 18.6.